The summed E-state index contributed by atoms with van der Waals surface area (Å²) in [5, 5.41) is 1.12. The molecule has 2 heterocycles. The zero-order valence-corrected chi connectivity index (χ0v) is 14.7. The summed E-state index contributed by atoms with van der Waals surface area (Å²) in [6, 6.07) is 12.2. The molecule has 0 spiro atoms. The van der Waals surface area contributed by atoms with Gasteiger partial charge in [-0.25, -0.2) is 0 Å². The van der Waals surface area contributed by atoms with E-state index in [0.717, 1.165) is 35.3 Å². The number of halogens is 2. The topological polar surface area (TPSA) is 38.9 Å². The van der Waals surface area contributed by atoms with Crippen molar-refractivity contribution in [3.63, 3.8) is 0 Å². The number of hydrogen-bond acceptors (Lipinski definition) is 3. The third kappa shape index (κ3) is 2.68. The van der Waals surface area contributed by atoms with Gasteiger partial charge in [-0.1, -0.05) is 12.1 Å². The molecule has 0 bridgehead atoms. The third-order valence-corrected chi connectivity index (χ3v) is 5.62. The normalized spacial score (nSPS) is 12.8. The fourth-order valence-electron chi connectivity index (χ4n) is 2.18. The summed E-state index contributed by atoms with van der Waals surface area (Å²) in [6.07, 6.45) is 0. The number of fused-ring (bicyclic) bond motifs is 1. The number of hydrogen-bond donors (Lipinski definition) is 1. The van der Waals surface area contributed by atoms with E-state index < -0.39 is 0 Å². The Morgan fingerprint density at radius 1 is 1.15 bits per heavy atom. The minimum absolute atomic E-state index is 0.141. The third-order valence-electron chi connectivity index (χ3n) is 3.23. The molecule has 0 fully saturated rings. The Morgan fingerprint density at radius 3 is 2.65 bits per heavy atom. The molecule has 0 aliphatic heterocycles. The fourth-order valence-corrected chi connectivity index (χ4v) is 5.11. The summed E-state index contributed by atoms with van der Waals surface area (Å²) in [4.78, 5) is 4.51. The number of rotatable bonds is 2. The molecular formula is C15H12Br2N2S. The standard InChI is InChI=1S/C15H12Br2N2S/c1-8-2-3-9-6-10(4-5-12(9)19-8)14(18)11-7-13(16)20-15(11)17/h2-7,14H,18H2,1H3. The van der Waals surface area contributed by atoms with Crippen molar-refractivity contribution >= 4 is 54.1 Å². The van der Waals surface area contributed by atoms with Crippen LogP contribution in [-0.2, 0) is 0 Å². The van der Waals surface area contributed by atoms with Gasteiger partial charge in [0.25, 0.3) is 0 Å². The maximum absolute atomic E-state index is 6.39. The Kier molecular flexibility index (Phi) is 3.95. The molecule has 2 N–H and O–H groups in total. The smallest absolute Gasteiger partial charge is 0.0761 e. The van der Waals surface area contributed by atoms with Crippen molar-refractivity contribution in [3.05, 3.63) is 60.8 Å². The lowest BCUT2D eigenvalue weighted by atomic mass is 10.0. The summed E-state index contributed by atoms with van der Waals surface area (Å²) < 4.78 is 2.15. The Bertz CT molecular complexity index is 783. The molecule has 0 amide bonds. The first-order valence-electron chi connectivity index (χ1n) is 6.12. The molecule has 0 saturated carbocycles. The van der Waals surface area contributed by atoms with E-state index in [1.807, 2.05) is 19.1 Å². The first-order chi connectivity index (χ1) is 9.54. The van der Waals surface area contributed by atoms with Crippen molar-refractivity contribution in [2.45, 2.75) is 13.0 Å². The number of aryl methyl sites for hydroxylation is 1. The van der Waals surface area contributed by atoms with E-state index in [1.165, 1.54) is 0 Å². The predicted molar refractivity (Wildman–Crippen MR) is 92.2 cm³/mol. The molecule has 0 radical (unpaired) electrons. The molecule has 0 aliphatic rings. The summed E-state index contributed by atoms with van der Waals surface area (Å²) in [7, 11) is 0. The Balaban J connectivity index is 2.05. The van der Waals surface area contributed by atoms with E-state index in [1.54, 1.807) is 11.3 Å². The van der Waals surface area contributed by atoms with Crippen LogP contribution >= 0.6 is 43.2 Å². The monoisotopic (exact) mass is 410 g/mol. The van der Waals surface area contributed by atoms with E-state index in [0.29, 0.717) is 0 Å². The fraction of sp³-hybridized carbons (Fsp3) is 0.133. The highest BCUT2D eigenvalue weighted by Crippen LogP contribution is 2.37. The molecule has 0 aliphatic carbocycles. The molecular weight excluding hydrogens is 400 g/mol. The second-order valence-electron chi connectivity index (χ2n) is 4.66. The molecule has 3 rings (SSSR count). The van der Waals surface area contributed by atoms with Gasteiger partial charge in [-0.15, -0.1) is 11.3 Å². The van der Waals surface area contributed by atoms with Crippen molar-refractivity contribution in [3.8, 4) is 0 Å². The van der Waals surface area contributed by atoms with Crippen LogP contribution < -0.4 is 5.73 Å². The number of benzene rings is 1. The maximum Gasteiger partial charge on any atom is 0.0761 e. The zero-order chi connectivity index (χ0) is 14.3. The minimum atomic E-state index is -0.141. The van der Waals surface area contributed by atoms with Gasteiger partial charge < -0.3 is 5.73 Å². The predicted octanol–water partition coefficient (Wildman–Crippen LogP) is 5.18. The van der Waals surface area contributed by atoms with Crippen LogP contribution in [0.3, 0.4) is 0 Å². The second-order valence-corrected chi connectivity index (χ2v) is 8.41. The highest BCUT2D eigenvalue weighted by molar-refractivity contribution is 9.12. The summed E-state index contributed by atoms with van der Waals surface area (Å²) in [5.74, 6) is 0. The summed E-state index contributed by atoms with van der Waals surface area (Å²) >= 11 is 8.70. The minimum Gasteiger partial charge on any atom is -0.320 e. The van der Waals surface area contributed by atoms with Crippen molar-refractivity contribution in [1.29, 1.82) is 0 Å². The van der Waals surface area contributed by atoms with Gasteiger partial charge in [0, 0.05) is 11.1 Å². The van der Waals surface area contributed by atoms with Crippen molar-refractivity contribution in [2.24, 2.45) is 5.73 Å². The van der Waals surface area contributed by atoms with Crippen LogP contribution in [0.15, 0.2) is 44.0 Å². The quantitative estimate of drug-likeness (QED) is 0.631. The Morgan fingerprint density at radius 2 is 1.95 bits per heavy atom. The van der Waals surface area contributed by atoms with Crippen molar-refractivity contribution in [2.75, 3.05) is 0 Å². The summed E-state index contributed by atoms with van der Waals surface area (Å²) in [6.45, 7) is 2.00. The van der Waals surface area contributed by atoms with Gasteiger partial charge >= 0.3 is 0 Å². The SMILES string of the molecule is Cc1ccc2cc(C(N)c3cc(Br)sc3Br)ccc2n1. The molecule has 1 unspecified atom stereocenters. The van der Waals surface area contributed by atoms with Gasteiger partial charge in [0.1, 0.15) is 0 Å². The number of thiophene rings is 1. The lowest BCUT2D eigenvalue weighted by Gasteiger charge is -2.12. The Hall–Kier alpha value is -0.750. The molecule has 2 aromatic heterocycles. The molecule has 102 valence electrons. The van der Waals surface area contributed by atoms with Gasteiger partial charge in [0.05, 0.1) is 19.1 Å². The molecule has 1 atom stereocenters. The molecule has 1 aromatic carbocycles. The number of nitrogens with two attached hydrogens (primary N) is 1. The van der Waals surface area contributed by atoms with Crippen LogP contribution in [0.5, 0.6) is 0 Å². The van der Waals surface area contributed by atoms with Gasteiger partial charge in [0.2, 0.25) is 0 Å². The summed E-state index contributed by atoms with van der Waals surface area (Å²) in [5.41, 5.74) is 10.6. The van der Waals surface area contributed by atoms with Crippen LogP contribution in [0.25, 0.3) is 10.9 Å². The molecule has 5 heteroatoms. The maximum atomic E-state index is 6.39. The lowest BCUT2D eigenvalue weighted by molar-refractivity contribution is 0.874. The highest BCUT2D eigenvalue weighted by Gasteiger charge is 2.15. The first-order valence-corrected chi connectivity index (χ1v) is 8.52. The van der Waals surface area contributed by atoms with E-state index in [-0.39, 0.29) is 6.04 Å². The van der Waals surface area contributed by atoms with E-state index in [9.17, 15) is 0 Å². The second kappa shape index (κ2) is 5.56. The lowest BCUT2D eigenvalue weighted by Crippen LogP contribution is -2.11. The van der Waals surface area contributed by atoms with Gasteiger partial charge in [-0.3, -0.25) is 4.98 Å². The number of aromatic nitrogens is 1. The number of nitrogens with zero attached hydrogens (tertiary/aromatic N) is 1. The first kappa shape index (κ1) is 14.2. The Labute approximate surface area is 138 Å². The van der Waals surface area contributed by atoms with Crippen molar-refractivity contribution in [1.82, 2.24) is 4.98 Å². The average Bonchev–Trinajstić information content (AvgIpc) is 2.76. The van der Waals surface area contributed by atoms with E-state index in [2.05, 4.69) is 61.1 Å². The molecule has 2 nitrogen and oxygen atoms in total. The van der Waals surface area contributed by atoms with Crippen LogP contribution in [0.4, 0.5) is 0 Å². The molecule has 0 saturated heterocycles. The van der Waals surface area contributed by atoms with Gasteiger partial charge in [-0.2, -0.15) is 0 Å². The molecule has 20 heavy (non-hydrogen) atoms. The van der Waals surface area contributed by atoms with Gasteiger partial charge in [-0.05, 0) is 74.2 Å². The van der Waals surface area contributed by atoms with E-state index >= 15 is 0 Å². The van der Waals surface area contributed by atoms with Crippen LogP contribution in [0.1, 0.15) is 22.9 Å². The largest absolute Gasteiger partial charge is 0.320 e. The average molecular weight is 412 g/mol. The van der Waals surface area contributed by atoms with Crippen LogP contribution in [-0.4, -0.2) is 4.98 Å². The van der Waals surface area contributed by atoms with Crippen LogP contribution in [0.2, 0.25) is 0 Å². The van der Waals surface area contributed by atoms with Crippen molar-refractivity contribution < 1.29 is 0 Å². The van der Waals surface area contributed by atoms with Gasteiger partial charge in [0.15, 0.2) is 0 Å². The van der Waals surface area contributed by atoms with E-state index in [4.69, 9.17) is 5.73 Å². The molecule has 3 aromatic rings. The highest BCUT2D eigenvalue weighted by atomic mass is 79.9. The van der Waals surface area contributed by atoms with Crippen LogP contribution in [0, 0.1) is 6.92 Å². The number of pyridine rings is 1. The zero-order valence-electron chi connectivity index (χ0n) is 10.7.